The maximum Gasteiger partial charge on any atom is 0.277 e. The van der Waals surface area contributed by atoms with E-state index in [1.54, 1.807) is 30.5 Å². The van der Waals surface area contributed by atoms with Gasteiger partial charge in [-0.1, -0.05) is 23.7 Å². The molecule has 1 saturated heterocycles. The summed E-state index contributed by atoms with van der Waals surface area (Å²) in [7, 11) is -1.60. The molecule has 1 aliphatic heterocycles. The summed E-state index contributed by atoms with van der Waals surface area (Å²) < 4.78 is 27.3. The molecule has 1 N–H and O–H groups in total. The highest BCUT2D eigenvalue weighted by atomic mass is 35.5. The lowest BCUT2D eigenvalue weighted by molar-refractivity contribution is 0.102. The molecule has 0 atom stereocenters. The first-order valence-electron chi connectivity index (χ1n) is 9.87. The summed E-state index contributed by atoms with van der Waals surface area (Å²) in [5.74, 6) is -0.522. The number of hydrogen-bond donors (Lipinski definition) is 1. The van der Waals surface area contributed by atoms with Gasteiger partial charge >= 0.3 is 0 Å². The van der Waals surface area contributed by atoms with Gasteiger partial charge in [-0.2, -0.15) is 4.31 Å². The van der Waals surface area contributed by atoms with Crippen LogP contribution in [0.2, 0.25) is 5.15 Å². The number of benzene rings is 1. The largest absolute Gasteiger partial charge is 0.319 e. The molecule has 9 nitrogen and oxygen atoms in total. The molecule has 1 aromatic carbocycles. The molecule has 4 rings (SSSR count). The summed E-state index contributed by atoms with van der Waals surface area (Å²) in [6, 6.07) is 9.74. The number of carbonyl (C=O) groups is 1. The van der Waals surface area contributed by atoms with Gasteiger partial charge in [0.05, 0.1) is 28.7 Å². The number of nitrogens with zero attached hydrogens (tertiary/aromatic N) is 5. The van der Waals surface area contributed by atoms with Gasteiger partial charge in [-0.25, -0.2) is 18.4 Å². The minimum absolute atomic E-state index is 0.0376. The van der Waals surface area contributed by atoms with E-state index in [0.29, 0.717) is 43.1 Å². The number of pyridine rings is 1. The van der Waals surface area contributed by atoms with E-state index in [1.807, 2.05) is 7.05 Å². The first-order valence-corrected chi connectivity index (χ1v) is 11.7. The number of hydrogen-bond acceptors (Lipinski definition) is 7. The molecule has 0 saturated carbocycles. The number of anilines is 1. The molecule has 0 spiro atoms. The van der Waals surface area contributed by atoms with Crippen LogP contribution in [0.3, 0.4) is 0 Å². The Bertz CT molecular complexity index is 1210. The van der Waals surface area contributed by atoms with Gasteiger partial charge in [0.15, 0.2) is 10.8 Å². The lowest BCUT2D eigenvalue weighted by atomic mass is 10.1. The zero-order chi connectivity index (χ0) is 22.7. The van der Waals surface area contributed by atoms with Crippen LogP contribution in [0, 0.1) is 0 Å². The Labute approximate surface area is 191 Å². The minimum atomic E-state index is -3.57. The SMILES string of the molecule is CN1CCN(S(=O)(=O)c2ccc(-c3cnc(Cl)c(C(=O)Nc4cccnc4)n3)cc2)CC1. The van der Waals surface area contributed by atoms with Crippen LogP contribution < -0.4 is 5.32 Å². The van der Waals surface area contributed by atoms with Crippen LogP contribution in [0.25, 0.3) is 11.3 Å². The van der Waals surface area contributed by atoms with Gasteiger partial charge in [0.2, 0.25) is 10.0 Å². The molecule has 1 amide bonds. The molecule has 32 heavy (non-hydrogen) atoms. The average molecular weight is 473 g/mol. The molecule has 3 aromatic rings. The zero-order valence-electron chi connectivity index (χ0n) is 17.3. The third-order valence-electron chi connectivity index (χ3n) is 5.11. The Morgan fingerprint density at radius 3 is 2.44 bits per heavy atom. The Balaban J connectivity index is 1.55. The van der Waals surface area contributed by atoms with Gasteiger partial charge in [0, 0.05) is 37.9 Å². The highest BCUT2D eigenvalue weighted by Gasteiger charge is 2.27. The van der Waals surface area contributed by atoms with Crippen LogP contribution in [-0.2, 0) is 10.0 Å². The topological polar surface area (TPSA) is 108 Å². The Kier molecular flexibility index (Phi) is 6.47. The number of aromatic nitrogens is 3. The Morgan fingerprint density at radius 1 is 1.06 bits per heavy atom. The first kappa shape index (κ1) is 22.3. The standard InChI is InChI=1S/C21H21ClN6O3S/c1-27-9-11-28(12-10-27)32(30,31)17-6-4-15(5-7-17)18-14-24-20(22)19(26-18)21(29)25-16-3-2-8-23-13-16/h2-8,13-14H,9-12H2,1H3,(H,25,29). The Morgan fingerprint density at radius 2 is 1.78 bits per heavy atom. The lowest BCUT2D eigenvalue weighted by Gasteiger charge is -2.31. The third-order valence-corrected chi connectivity index (χ3v) is 7.30. The quantitative estimate of drug-likeness (QED) is 0.607. The number of rotatable bonds is 5. The van der Waals surface area contributed by atoms with Crippen molar-refractivity contribution in [2.24, 2.45) is 0 Å². The van der Waals surface area contributed by atoms with E-state index in [-0.39, 0.29) is 15.7 Å². The number of amides is 1. The molecular formula is C21H21ClN6O3S. The number of halogens is 1. The number of carbonyl (C=O) groups excluding carboxylic acids is 1. The molecular weight excluding hydrogens is 452 g/mol. The van der Waals surface area contributed by atoms with Crippen LogP contribution in [0.1, 0.15) is 10.5 Å². The van der Waals surface area contributed by atoms with E-state index in [1.165, 1.54) is 28.8 Å². The first-order chi connectivity index (χ1) is 15.3. The van der Waals surface area contributed by atoms with Gasteiger partial charge < -0.3 is 10.2 Å². The summed E-state index contributed by atoms with van der Waals surface area (Å²) in [6.45, 7) is 2.31. The predicted molar refractivity (Wildman–Crippen MR) is 121 cm³/mol. The van der Waals surface area contributed by atoms with Crippen molar-refractivity contribution >= 4 is 33.2 Å². The summed E-state index contributed by atoms with van der Waals surface area (Å²) >= 11 is 6.09. The van der Waals surface area contributed by atoms with Crippen molar-refractivity contribution in [3.05, 3.63) is 65.8 Å². The fourth-order valence-corrected chi connectivity index (χ4v) is 4.86. The van der Waals surface area contributed by atoms with Gasteiger partial charge in [0.1, 0.15) is 0 Å². The van der Waals surface area contributed by atoms with Crippen molar-refractivity contribution < 1.29 is 13.2 Å². The number of nitrogens with one attached hydrogen (secondary N) is 1. The van der Waals surface area contributed by atoms with Gasteiger partial charge in [-0.3, -0.25) is 9.78 Å². The van der Waals surface area contributed by atoms with Gasteiger partial charge in [-0.05, 0) is 31.3 Å². The van der Waals surface area contributed by atoms with Crippen molar-refractivity contribution in [2.75, 3.05) is 38.5 Å². The third kappa shape index (κ3) is 4.78. The smallest absolute Gasteiger partial charge is 0.277 e. The molecule has 0 bridgehead atoms. The number of piperazine rings is 1. The fraction of sp³-hybridized carbons (Fsp3) is 0.238. The van der Waals surface area contributed by atoms with Gasteiger partial charge in [0.25, 0.3) is 5.91 Å². The second-order valence-electron chi connectivity index (χ2n) is 7.32. The summed E-state index contributed by atoms with van der Waals surface area (Å²) in [5.41, 5.74) is 1.47. The maximum atomic E-state index is 12.9. The lowest BCUT2D eigenvalue weighted by Crippen LogP contribution is -2.46. The van der Waals surface area contributed by atoms with E-state index < -0.39 is 15.9 Å². The van der Waals surface area contributed by atoms with Crippen molar-refractivity contribution in [1.29, 1.82) is 0 Å². The molecule has 1 aliphatic rings. The van der Waals surface area contributed by atoms with E-state index >= 15 is 0 Å². The van der Waals surface area contributed by atoms with Gasteiger partial charge in [-0.15, -0.1) is 0 Å². The van der Waals surface area contributed by atoms with Crippen LogP contribution in [-0.4, -0.2) is 71.7 Å². The summed E-state index contributed by atoms with van der Waals surface area (Å²) in [4.78, 5) is 27.2. The number of sulfonamides is 1. The summed E-state index contributed by atoms with van der Waals surface area (Å²) in [5, 5.41) is 2.63. The van der Waals surface area contributed by atoms with Crippen LogP contribution in [0.5, 0.6) is 0 Å². The van der Waals surface area contributed by atoms with Crippen LogP contribution >= 0.6 is 11.6 Å². The van der Waals surface area contributed by atoms with Crippen molar-refractivity contribution in [3.8, 4) is 11.3 Å². The normalized spacial score (nSPS) is 15.4. The molecule has 0 unspecified atom stereocenters. The molecule has 0 radical (unpaired) electrons. The zero-order valence-corrected chi connectivity index (χ0v) is 18.8. The fourth-order valence-electron chi connectivity index (χ4n) is 3.26. The van der Waals surface area contributed by atoms with Crippen molar-refractivity contribution in [2.45, 2.75) is 4.90 Å². The molecule has 1 fully saturated rings. The monoisotopic (exact) mass is 472 g/mol. The van der Waals surface area contributed by atoms with Crippen LogP contribution in [0.15, 0.2) is 59.9 Å². The Hall–Kier alpha value is -2.92. The summed E-state index contributed by atoms with van der Waals surface area (Å²) in [6.07, 6.45) is 4.53. The van der Waals surface area contributed by atoms with Crippen molar-refractivity contribution in [3.63, 3.8) is 0 Å². The molecule has 166 valence electrons. The van der Waals surface area contributed by atoms with E-state index in [9.17, 15) is 13.2 Å². The number of likely N-dealkylation sites (N-methyl/N-ethyl adjacent to an activating group) is 1. The average Bonchev–Trinajstić information content (AvgIpc) is 2.80. The predicted octanol–water partition coefficient (Wildman–Crippen LogP) is 2.38. The highest BCUT2D eigenvalue weighted by molar-refractivity contribution is 7.89. The van der Waals surface area contributed by atoms with E-state index in [4.69, 9.17) is 11.6 Å². The van der Waals surface area contributed by atoms with E-state index in [2.05, 4.69) is 25.2 Å². The molecule has 3 heterocycles. The van der Waals surface area contributed by atoms with E-state index in [0.717, 1.165) is 0 Å². The molecule has 11 heteroatoms. The maximum absolute atomic E-state index is 12.9. The minimum Gasteiger partial charge on any atom is -0.319 e. The van der Waals surface area contributed by atoms with Crippen LogP contribution in [0.4, 0.5) is 5.69 Å². The highest BCUT2D eigenvalue weighted by Crippen LogP contribution is 2.24. The van der Waals surface area contributed by atoms with Crippen molar-refractivity contribution in [1.82, 2.24) is 24.2 Å². The second kappa shape index (κ2) is 9.29. The molecule has 0 aliphatic carbocycles. The molecule has 2 aromatic heterocycles. The second-order valence-corrected chi connectivity index (χ2v) is 9.62.